The number of nitrogens with one attached hydrogen (secondary N) is 2. The molecule has 0 aliphatic rings. The van der Waals surface area contributed by atoms with Crippen LogP contribution in [0.25, 0.3) is 0 Å². The summed E-state index contributed by atoms with van der Waals surface area (Å²) in [6, 6.07) is 4.10. The third-order valence-electron chi connectivity index (χ3n) is 4.35. The fourth-order valence-corrected chi connectivity index (χ4v) is 2.92. The Kier molecular flexibility index (Phi) is 9.54. The van der Waals surface area contributed by atoms with Crippen LogP contribution in [0.4, 0.5) is 0 Å². The van der Waals surface area contributed by atoms with Gasteiger partial charge in [0, 0.05) is 37.1 Å². The summed E-state index contributed by atoms with van der Waals surface area (Å²) in [4.78, 5) is 8.90. The number of methoxy groups -OCH3 is 1. The minimum absolute atomic E-state index is 0. The minimum Gasteiger partial charge on any atom is -0.481 e. The average molecular weight is 486 g/mol. The summed E-state index contributed by atoms with van der Waals surface area (Å²) in [5.74, 6) is 1.40. The van der Waals surface area contributed by atoms with Gasteiger partial charge in [0.05, 0.1) is 19.3 Å². The molecular formula is C19H31IN6O. The molecule has 0 saturated carbocycles. The number of aliphatic imine (C=N–C) groups is 1. The van der Waals surface area contributed by atoms with Gasteiger partial charge in [-0.15, -0.1) is 24.0 Å². The third kappa shape index (κ3) is 6.37. The van der Waals surface area contributed by atoms with Crippen molar-refractivity contribution in [3.63, 3.8) is 0 Å². The van der Waals surface area contributed by atoms with Crippen molar-refractivity contribution >= 4 is 29.9 Å². The number of aromatic nitrogens is 3. The molecule has 0 fully saturated rings. The van der Waals surface area contributed by atoms with Crippen molar-refractivity contribution in [1.82, 2.24) is 25.4 Å². The molecule has 1 atom stereocenters. The number of aryl methyl sites for hydroxylation is 2. The van der Waals surface area contributed by atoms with Crippen LogP contribution in [0.3, 0.4) is 0 Å². The van der Waals surface area contributed by atoms with Gasteiger partial charge in [0.15, 0.2) is 5.96 Å². The number of ether oxygens (including phenoxy) is 1. The number of pyridine rings is 1. The van der Waals surface area contributed by atoms with Gasteiger partial charge in [-0.05, 0) is 45.7 Å². The zero-order chi connectivity index (χ0) is 19.1. The van der Waals surface area contributed by atoms with Crippen molar-refractivity contribution in [1.29, 1.82) is 0 Å². The first-order chi connectivity index (χ1) is 12.5. The van der Waals surface area contributed by atoms with Gasteiger partial charge < -0.3 is 15.4 Å². The van der Waals surface area contributed by atoms with E-state index in [1.54, 1.807) is 13.3 Å². The van der Waals surface area contributed by atoms with Crippen LogP contribution in [0, 0.1) is 13.8 Å². The van der Waals surface area contributed by atoms with Crippen molar-refractivity contribution < 1.29 is 4.74 Å². The number of hydrogen-bond acceptors (Lipinski definition) is 4. The summed E-state index contributed by atoms with van der Waals surface area (Å²) < 4.78 is 7.23. The van der Waals surface area contributed by atoms with Crippen molar-refractivity contribution in [3.05, 3.63) is 40.8 Å². The van der Waals surface area contributed by atoms with E-state index >= 15 is 0 Å². The summed E-state index contributed by atoms with van der Waals surface area (Å²) in [6.07, 6.45) is 2.61. The van der Waals surface area contributed by atoms with Crippen LogP contribution in [0.2, 0.25) is 0 Å². The lowest BCUT2D eigenvalue weighted by Gasteiger charge is -2.18. The van der Waals surface area contributed by atoms with Gasteiger partial charge in [0.25, 0.3) is 0 Å². The van der Waals surface area contributed by atoms with E-state index in [0.29, 0.717) is 12.4 Å². The number of rotatable bonds is 7. The van der Waals surface area contributed by atoms with E-state index in [0.717, 1.165) is 30.2 Å². The zero-order valence-corrected chi connectivity index (χ0v) is 19.4. The molecule has 2 aromatic heterocycles. The Morgan fingerprint density at radius 3 is 2.70 bits per heavy atom. The molecule has 150 valence electrons. The monoisotopic (exact) mass is 486 g/mol. The summed E-state index contributed by atoms with van der Waals surface area (Å²) in [5, 5.41) is 11.3. The van der Waals surface area contributed by atoms with Crippen molar-refractivity contribution in [2.24, 2.45) is 12.0 Å². The Balaban J connectivity index is 0.00000364. The summed E-state index contributed by atoms with van der Waals surface area (Å²) in [5.41, 5.74) is 4.54. The average Bonchev–Trinajstić information content (AvgIpc) is 2.86. The van der Waals surface area contributed by atoms with Crippen LogP contribution in [0.5, 0.6) is 5.88 Å². The number of nitrogens with zero attached hydrogens (tertiary/aromatic N) is 4. The van der Waals surface area contributed by atoms with E-state index in [2.05, 4.69) is 53.4 Å². The van der Waals surface area contributed by atoms with Gasteiger partial charge in [-0.3, -0.25) is 4.68 Å². The molecule has 0 saturated heterocycles. The van der Waals surface area contributed by atoms with E-state index in [4.69, 9.17) is 4.74 Å². The Bertz CT molecular complexity index is 759. The van der Waals surface area contributed by atoms with E-state index in [9.17, 15) is 0 Å². The van der Waals surface area contributed by atoms with E-state index in [1.165, 1.54) is 11.3 Å². The lowest BCUT2D eigenvalue weighted by atomic mass is 10.1. The number of hydrogen-bond donors (Lipinski definition) is 2. The zero-order valence-electron chi connectivity index (χ0n) is 17.0. The Morgan fingerprint density at radius 1 is 1.37 bits per heavy atom. The van der Waals surface area contributed by atoms with E-state index in [1.807, 2.05) is 23.9 Å². The molecule has 0 aromatic carbocycles. The van der Waals surface area contributed by atoms with Crippen LogP contribution in [0.1, 0.15) is 36.4 Å². The smallest absolute Gasteiger partial charge is 0.218 e. The highest BCUT2D eigenvalue weighted by atomic mass is 127. The Labute approximate surface area is 179 Å². The van der Waals surface area contributed by atoms with Gasteiger partial charge in [-0.2, -0.15) is 5.10 Å². The maximum atomic E-state index is 5.30. The SMILES string of the molecule is CCNC(=NCc1cccnc1OC)NC(C)Cc1c(C)nn(C)c1C.I. The summed E-state index contributed by atoms with van der Waals surface area (Å²) in [7, 11) is 3.61. The molecule has 2 aromatic rings. The lowest BCUT2D eigenvalue weighted by molar-refractivity contribution is 0.392. The van der Waals surface area contributed by atoms with E-state index in [-0.39, 0.29) is 30.0 Å². The summed E-state index contributed by atoms with van der Waals surface area (Å²) >= 11 is 0. The van der Waals surface area contributed by atoms with Gasteiger partial charge in [0.1, 0.15) is 0 Å². The van der Waals surface area contributed by atoms with Gasteiger partial charge >= 0.3 is 0 Å². The Morgan fingerprint density at radius 2 is 2.11 bits per heavy atom. The fourth-order valence-electron chi connectivity index (χ4n) is 2.92. The van der Waals surface area contributed by atoms with E-state index < -0.39 is 0 Å². The first-order valence-corrected chi connectivity index (χ1v) is 8.98. The van der Waals surface area contributed by atoms with Gasteiger partial charge in [-0.25, -0.2) is 9.98 Å². The minimum atomic E-state index is 0. The number of guanidine groups is 1. The lowest BCUT2D eigenvalue weighted by Crippen LogP contribution is -2.43. The molecular weight excluding hydrogens is 455 g/mol. The van der Waals surface area contributed by atoms with Crippen LogP contribution >= 0.6 is 24.0 Å². The molecule has 7 nitrogen and oxygen atoms in total. The van der Waals surface area contributed by atoms with Crippen molar-refractivity contribution in [2.45, 2.75) is 46.7 Å². The topological polar surface area (TPSA) is 76.4 Å². The molecule has 0 bridgehead atoms. The predicted octanol–water partition coefficient (Wildman–Crippen LogP) is 2.74. The highest BCUT2D eigenvalue weighted by Gasteiger charge is 2.14. The molecule has 0 aliphatic carbocycles. The molecule has 2 heterocycles. The largest absolute Gasteiger partial charge is 0.481 e. The maximum absolute atomic E-state index is 5.30. The fraction of sp³-hybridized carbons (Fsp3) is 0.526. The maximum Gasteiger partial charge on any atom is 0.218 e. The van der Waals surface area contributed by atoms with Gasteiger partial charge in [0.2, 0.25) is 5.88 Å². The summed E-state index contributed by atoms with van der Waals surface area (Å²) in [6.45, 7) is 9.68. The molecule has 0 radical (unpaired) electrons. The highest BCUT2D eigenvalue weighted by molar-refractivity contribution is 14.0. The second-order valence-electron chi connectivity index (χ2n) is 6.39. The first-order valence-electron chi connectivity index (χ1n) is 8.98. The molecule has 0 spiro atoms. The Hall–Kier alpha value is -1.84. The predicted molar refractivity (Wildman–Crippen MR) is 120 cm³/mol. The molecule has 27 heavy (non-hydrogen) atoms. The molecule has 2 N–H and O–H groups in total. The van der Waals surface area contributed by atoms with Crippen LogP contribution < -0.4 is 15.4 Å². The standard InChI is InChI=1S/C19H30N6O.HI/c1-7-20-19(22-12-16-9-8-10-21-18(16)26-6)23-13(2)11-17-14(3)24-25(5)15(17)4;/h8-10,13H,7,11-12H2,1-6H3,(H2,20,22,23);1H. The molecule has 1 unspecified atom stereocenters. The van der Waals surface area contributed by atoms with Crippen LogP contribution in [-0.2, 0) is 20.0 Å². The van der Waals surface area contributed by atoms with Gasteiger partial charge in [-0.1, -0.05) is 6.07 Å². The molecule has 8 heteroatoms. The normalized spacial score (nSPS) is 12.3. The second kappa shape index (κ2) is 11.1. The van der Waals surface area contributed by atoms with Crippen LogP contribution in [-0.4, -0.2) is 40.4 Å². The van der Waals surface area contributed by atoms with Crippen LogP contribution in [0.15, 0.2) is 23.3 Å². The van der Waals surface area contributed by atoms with Crippen molar-refractivity contribution in [2.75, 3.05) is 13.7 Å². The molecule has 0 aliphatic heterocycles. The second-order valence-corrected chi connectivity index (χ2v) is 6.39. The molecule has 0 amide bonds. The highest BCUT2D eigenvalue weighted by Crippen LogP contribution is 2.15. The first kappa shape index (κ1) is 23.2. The number of halogens is 1. The van der Waals surface area contributed by atoms with Crippen molar-refractivity contribution in [3.8, 4) is 5.88 Å². The quantitative estimate of drug-likeness (QED) is 0.358. The third-order valence-corrected chi connectivity index (χ3v) is 4.35. The molecule has 2 rings (SSSR count).